The second-order valence-electron chi connectivity index (χ2n) is 5.00. The lowest BCUT2D eigenvalue weighted by molar-refractivity contribution is -0.387. The van der Waals surface area contributed by atoms with Crippen LogP contribution < -0.4 is 5.32 Å². The van der Waals surface area contributed by atoms with Crippen molar-refractivity contribution in [2.45, 2.75) is 32.2 Å². The van der Waals surface area contributed by atoms with Crippen LogP contribution in [-0.2, 0) is 0 Å². The molecule has 0 heterocycles. The summed E-state index contributed by atoms with van der Waals surface area (Å²) in [4.78, 5) is 21.6. The van der Waals surface area contributed by atoms with Gasteiger partial charge in [-0.15, -0.1) is 0 Å². The molecule has 0 aromatic heterocycles. The number of carbonyl (C=O) groups is 1. The Morgan fingerprint density at radius 1 is 1.40 bits per heavy atom. The van der Waals surface area contributed by atoms with Crippen LogP contribution in [0.1, 0.15) is 36.5 Å². The van der Waals surface area contributed by atoms with Gasteiger partial charge in [-0.2, -0.15) is 4.39 Å². The monoisotopic (exact) mass is 284 g/mol. The molecular weight excluding hydrogens is 270 g/mol. The van der Waals surface area contributed by atoms with Gasteiger partial charge in [-0.1, -0.05) is 13.3 Å². The van der Waals surface area contributed by atoms with Gasteiger partial charge in [-0.25, -0.2) is 4.39 Å². The number of nitrogens with zero attached hydrogens (tertiary/aromatic N) is 1. The molecule has 2 unspecified atom stereocenters. The van der Waals surface area contributed by atoms with E-state index in [4.69, 9.17) is 0 Å². The van der Waals surface area contributed by atoms with Gasteiger partial charge in [0.25, 0.3) is 5.91 Å². The molecule has 1 aromatic rings. The largest absolute Gasteiger partial charge is 0.349 e. The van der Waals surface area contributed by atoms with Gasteiger partial charge < -0.3 is 5.32 Å². The SMILES string of the molecule is CC1CCCC1NC(=O)c1c(F)ccc([N+](=O)[O-])c1F. The molecule has 1 aromatic carbocycles. The smallest absolute Gasteiger partial charge is 0.305 e. The summed E-state index contributed by atoms with van der Waals surface area (Å²) in [6, 6.07) is 1.29. The van der Waals surface area contributed by atoms with Crippen LogP contribution in [0.2, 0.25) is 0 Å². The average Bonchev–Trinajstić information content (AvgIpc) is 2.74. The molecule has 108 valence electrons. The fourth-order valence-corrected chi connectivity index (χ4v) is 2.49. The van der Waals surface area contributed by atoms with Crippen molar-refractivity contribution in [1.29, 1.82) is 0 Å². The number of nitro benzene ring substituents is 1. The number of halogens is 2. The van der Waals surface area contributed by atoms with Crippen LogP contribution in [0.25, 0.3) is 0 Å². The van der Waals surface area contributed by atoms with Crippen molar-refractivity contribution >= 4 is 11.6 Å². The lowest BCUT2D eigenvalue weighted by Crippen LogP contribution is -2.37. The minimum absolute atomic E-state index is 0.152. The fourth-order valence-electron chi connectivity index (χ4n) is 2.49. The number of nitrogens with one attached hydrogen (secondary N) is 1. The molecule has 1 saturated carbocycles. The Balaban J connectivity index is 2.29. The van der Waals surface area contributed by atoms with Gasteiger partial charge in [-0.3, -0.25) is 14.9 Å². The summed E-state index contributed by atoms with van der Waals surface area (Å²) >= 11 is 0. The van der Waals surface area contributed by atoms with Gasteiger partial charge >= 0.3 is 5.69 Å². The third-order valence-corrected chi connectivity index (χ3v) is 3.67. The first kappa shape index (κ1) is 14.4. The Bertz CT molecular complexity index is 563. The highest BCUT2D eigenvalue weighted by molar-refractivity contribution is 5.95. The van der Waals surface area contributed by atoms with E-state index in [1.165, 1.54) is 0 Å². The van der Waals surface area contributed by atoms with E-state index in [0.717, 1.165) is 25.3 Å². The van der Waals surface area contributed by atoms with E-state index in [9.17, 15) is 23.7 Å². The molecule has 20 heavy (non-hydrogen) atoms. The molecule has 1 N–H and O–H groups in total. The highest BCUT2D eigenvalue weighted by Gasteiger charge is 2.30. The molecule has 1 fully saturated rings. The van der Waals surface area contributed by atoms with Crippen molar-refractivity contribution in [2.75, 3.05) is 0 Å². The van der Waals surface area contributed by atoms with Crippen molar-refractivity contribution in [3.8, 4) is 0 Å². The average molecular weight is 284 g/mol. The molecule has 7 heteroatoms. The molecule has 2 rings (SSSR count). The van der Waals surface area contributed by atoms with E-state index in [1.54, 1.807) is 0 Å². The summed E-state index contributed by atoms with van der Waals surface area (Å²) in [7, 11) is 0. The van der Waals surface area contributed by atoms with Crippen molar-refractivity contribution in [3.63, 3.8) is 0 Å². The third-order valence-electron chi connectivity index (χ3n) is 3.67. The van der Waals surface area contributed by atoms with Gasteiger partial charge in [0.15, 0.2) is 0 Å². The molecule has 0 saturated heterocycles. The van der Waals surface area contributed by atoms with Crippen LogP contribution in [-0.4, -0.2) is 16.9 Å². The van der Waals surface area contributed by atoms with Gasteiger partial charge in [0.1, 0.15) is 11.4 Å². The van der Waals surface area contributed by atoms with E-state index < -0.39 is 33.7 Å². The Kier molecular flexibility index (Phi) is 3.96. The maximum atomic E-state index is 13.9. The summed E-state index contributed by atoms with van der Waals surface area (Å²) in [6.45, 7) is 1.94. The van der Waals surface area contributed by atoms with Gasteiger partial charge in [-0.05, 0) is 24.8 Å². The first-order valence-corrected chi connectivity index (χ1v) is 6.35. The molecule has 1 aliphatic rings. The van der Waals surface area contributed by atoms with Crippen LogP contribution in [0.15, 0.2) is 12.1 Å². The van der Waals surface area contributed by atoms with Crippen molar-refractivity contribution in [2.24, 2.45) is 5.92 Å². The summed E-state index contributed by atoms with van der Waals surface area (Å²) < 4.78 is 27.5. The van der Waals surface area contributed by atoms with E-state index in [1.807, 2.05) is 6.92 Å². The predicted molar refractivity (Wildman–Crippen MR) is 67.3 cm³/mol. The van der Waals surface area contributed by atoms with Gasteiger partial charge in [0.2, 0.25) is 5.82 Å². The minimum Gasteiger partial charge on any atom is -0.349 e. The maximum absolute atomic E-state index is 13.9. The van der Waals surface area contributed by atoms with Gasteiger partial charge in [0.05, 0.1) is 4.92 Å². The van der Waals surface area contributed by atoms with Crippen molar-refractivity contribution in [3.05, 3.63) is 39.4 Å². The quantitative estimate of drug-likeness (QED) is 0.685. The van der Waals surface area contributed by atoms with Crippen molar-refractivity contribution in [1.82, 2.24) is 5.32 Å². The Labute approximate surface area is 114 Å². The normalized spacial score (nSPS) is 21.8. The van der Waals surface area contributed by atoms with Crippen molar-refractivity contribution < 1.29 is 18.5 Å². The second-order valence-corrected chi connectivity index (χ2v) is 5.00. The molecule has 1 aliphatic carbocycles. The number of benzene rings is 1. The Morgan fingerprint density at radius 2 is 2.10 bits per heavy atom. The maximum Gasteiger partial charge on any atom is 0.305 e. The second kappa shape index (κ2) is 5.52. The zero-order valence-electron chi connectivity index (χ0n) is 10.9. The molecule has 5 nitrogen and oxygen atoms in total. The molecule has 0 radical (unpaired) electrons. The minimum atomic E-state index is -1.43. The lowest BCUT2D eigenvalue weighted by atomic mass is 10.1. The molecule has 2 atom stereocenters. The highest BCUT2D eigenvalue weighted by Crippen LogP contribution is 2.27. The topological polar surface area (TPSA) is 72.2 Å². The summed E-state index contributed by atoms with van der Waals surface area (Å²) in [5, 5.41) is 13.2. The number of amides is 1. The van der Waals surface area contributed by atoms with E-state index in [-0.39, 0.29) is 12.0 Å². The number of rotatable bonds is 3. The summed E-state index contributed by atoms with van der Waals surface area (Å²) in [5.74, 6) is -3.25. The molecule has 0 spiro atoms. The number of nitro groups is 1. The Morgan fingerprint density at radius 3 is 2.65 bits per heavy atom. The van der Waals surface area contributed by atoms with E-state index >= 15 is 0 Å². The van der Waals surface area contributed by atoms with Crippen LogP contribution in [0.5, 0.6) is 0 Å². The molecular formula is C13H14F2N2O3. The summed E-state index contributed by atoms with van der Waals surface area (Å²) in [5.41, 5.74) is -1.80. The standard InChI is InChI=1S/C13H14F2N2O3/c1-7-3-2-4-9(7)16-13(18)11-8(14)5-6-10(12(11)15)17(19)20/h5-7,9H,2-4H2,1H3,(H,16,18). The molecule has 0 aliphatic heterocycles. The van der Waals surface area contributed by atoms with E-state index in [2.05, 4.69) is 5.32 Å². The van der Waals surface area contributed by atoms with Crippen LogP contribution in [0.4, 0.5) is 14.5 Å². The zero-order chi connectivity index (χ0) is 14.9. The first-order chi connectivity index (χ1) is 9.41. The number of hydrogen-bond donors (Lipinski definition) is 1. The molecule has 1 amide bonds. The number of carbonyl (C=O) groups excluding carboxylic acids is 1. The first-order valence-electron chi connectivity index (χ1n) is 6.35. The summed E-state index contributed by atoms with van der Waals surface area (Å²) in [6.07, 6.45) is 2.61. The molecule has 0 bridgehead atoms. The lowest BCUT2D eigenvalue weighted by Gasteiger charge is -2.17. The van der Waals surface area contributed by atoms with E-state index in [0.29, 0.717) is 6.07 Å². The van der Waals surface area contributed by atoms with Gasteiger partial charge in [0, 0.05) is 12.1 Å². The fraction of sp³-hybridized carbons (Fsp3) is 0.462. The van der Waals surface area contributed by atoms with Crippen LogP contribution >= 0.6 is 0 Å². The Hall–Kier alpha value is -2.05. The number of hydrogen-bond acceptors (Lipinski definition) is 3. The van der Waals surface area contributed by atoms with Crippen LogP contribution in [0.3, 0.4) is 0 Å². The third kappa shape index (κ3) is 2.61. The van der Waals surface area contributed by atoms with Crippen LogP contribution in [0, 0.1) is 27.7 Å². The highest BCUT2D eigenvalue weighted by atomic mass is 19.1. The zero-order valence-corrected chi connectivity index (χ0v) is 10.9. The predicted octanol–water partition coefficient (Wildman–Crippen LogP) is 2.79.